The second-order valence-corrected chi connectivity index (χ2v) is 8.09. The summed E-state index contributed by atoms with van der Waals surface area (Å²) in [4.78, 5) is 19.8. The molecule has 0 radical (unpaired) electrons. The van der Waals surface area contributed by atoms with Gasteiger partial charge in [-0.2, -0.15) is 0 Å². The Balaban J connectivity index is 1.30. The van der Waals surface area contributed by atoms with Crippen LogP contribution < -0.4 is 0 Å². The molecule has 6 nitrogen and oxygen atoms in total. The van der Waals surface area contributed by atoms with Crippen LogP contribution in [0.3, 0.4) is 0 Å². The monoisotopic (exact) mass is 397 g/mol. The summed E-state index contributed by atoms with van der Waals surface area (Å²) in [5, 5.41) is 0. The first-order valence-corrected chi connectivity index (χ1v) is 10.7. The number of hydrogen-bond donors (Lipinski definition) is 0. The van der Waals surface area contributed by atoms with Gasteiger partial charge in [0.05, 0.1) is 13.2 Å². The molecule has 2 aromatic rings. The molecule has 1 aromatic carbocycles. The number of ether oxygens (including phenoxy) is 2. The molecule has 0 spiro atoms. The van der Waals surface area contributed by atoms with Crippen molar-refractivity contribution in [1.82, 2.24) is 14.5 Å². The molecule has 4 rings (SSSR count). The predicted molar refractivity (Wildman–Crippen MR) is 111 cm³/mol. The van der Waals surface area contributed by atoms with E-state index in [0.29, 0.717) is 31.8 Å². The Hall–Kier alpha value is -2.18. The predicted octanol–water partition coefficient (Wildman–Crippen LogP) is 3.01. The Labute approximate surface area is 172 Å². The number of imidazole rings is 1. The average Bonchev–Trinajstić information content (AvgIpc) is 3.24. The van der Waals surface area contributed by atoms with E-state index in [0.717, 1.165) is 51.0 Å². The van der Waals surface area contributed by atoms with Gasteiger partial charge in [0.15, 0.2) is 0 Å². The maximum atomic E-state index is 13.1. The Morgan fingerprint density at radius 3 is 2.72 bits per heavy atom. The van der Waals surface area contributed by atoms with Gasteiger partial charge in [-0.15, -0.1) is 0 Å². The molecule has 1 atom stereocenters. The van der Waals surface area contributed by atoms with E-state index in [1.165, 1.54) is 11.1 Å². The molecule has 0 bridgehead atoms. The minimum atomic E-state index is 0.137. The Kier molecular flexibility index (Phi) is 6.62. The highest BCUT2D eigenvalue weighted by Crippen LogP contribution is 2.31. The number of fused-ring (bicyclic) bond motifs is 1. The average molecular weight is 398 g/mol. The van der Waals surface area contributed by atoms with Crippen LogP contribution in [0.5, 0.6) is 0 Å². The largest absolute Gasteiger partial charge is 0.382 e. The second kappa shape index (κ2) is 9.55. The van der Waals surface area contributed by atoms with Crippen LogP contribution in [0.2, 0.25) is 0 Å². The SMILES string of the molecule is COCCOCn1ccnc1C1CCN(C(=O)C2CCc3ccccc3C2)CC1. The van der Waals surface area contributed by atoms with E-state index < -0.39 is 0 Å². The second-order valence-electron chi connectivity index (χ2n) is 8.09. The van der Waals surface area contributed by atoms with E-state index in [1.807, 2.05) is 12.4 Å². The Bertz CT molecular complexity index is 811. The lowest BCUT2D eigenvalue weighted by Gasteiger charge is -2.35. The van der Waals surface area contributed by atoms with Gasteiger partial charge in [-0.3, -0.25) is 4.79 Å². The summed E-state index contributed by atoms with van der Waals surface area (Å²) >= 11 is 0. The minimum Gasteiger partial charge on any atom is -0.382 e. The normalized spacial score (nSPS) is 19.9. The van der Waals surface area contributed by atoms with Crippen LogP contribution >= 0.6 is 0 Å². The maximum absolute atomic E-state index is 13.1. The van der Waals surface area contributed by atoms with E-state index in [9.17, 15) is 4.79 Å². The molecular weight excluding hydrogens is 366 g/mol. The van der Waals surface area contributed by atoms with Crippen molar-refractivity contribution in [2.75, 3.05) is 33.4 Å². The molecule has 1 fully saturated rings. The number of carbonyl (C=O) groups excluding carboxylic acids is 1. The first-order chi connectivity index (χ1) is 14.3. The number of likely N-dealkylation sites (tertiary alicyclic amines) is 1. The lowest BCUT2D eigenvalue weighted by Crippen LogP contribution is -2.43. The van der Waals surface area contributed by atoms with Crippen molar-refractivity contribution in [2.24, 2.45) is 5.92 Å². The highest BCUT2D eigenvalue weighted by Gasteiger charge is 2.32. The molecule has 2 aliphatic rings. The van der Waals surface area contributed by atoms with Crippen LogP contribution in [-0.4, -0.2) is 53.8 Å². The van der Waals surface area contributed by atoms with E-state index in [4.69, 9.17) is 9.47 Å². The number of rotatable bonds is 7. The van der Waals surface area contributed by atoms with Crippen molar-refractivity contribution in [3.63, 3.8) is 0 Å². The van der Waals surface area contributed by atoms with Gasteiger partial charge in [-0.25, -0.2) is 4.98 Å². The van der Waals surface area contributed by atoms with Gasteiger partial charge in [0.25, 0.3) is 0 Å². The molecule has 156 valence electrons. The first kappa shape index (κ1) is 20.1. The zero-order valence-electron chi connectivity index (χ0n) is 17.3. The fraction of sp³-hybridized carbons (Fsp3) is 0.565. The lowest BCUT2D eigenvalue weighted by molar-refractivity contribution is -0.137. The number of amides is 1. The van der Waals surface area contributed by atoms with Crippen molar-refractivity contribution >= 4 is 5.91 Å². The number of hydrogen-bond acceptors (Lipinski definition) is 4. The summed E-state index contributed by atoms with van der Waals surface area (Å²) in [5.41, 5.74) is 2.76. The number of carbonyl (C=O) groups is 1. The molecule has 1 amide bonds. The summed E-state index contributed by atoms with van der Waals surface area (Å²) in [6.07, 6.45) is 8.61. The van der Waals surface area contributed by atoms with E-state index in [1.54, 1.807) is 7.11 Å². The Morgan fingerprint density at radius 2 is 1.93 bits per heavy atom. The molecule has 1 aliphatic heterocycles. The van der Waals surface area contributed by atoms with Crippen molar-refractivity contribution in [2.45, 2.75) is 44.8 Å². The summed E-state index contributed by atoms with van der Waals surface area (Å²) < 4.78 is 12.8. The number of aromatic nitrogens is 2. The number of aryl methyl sites for hydroxylation is 1. The van der Waals surface area contributed by atoms with E-state index in [-0.39, 0.29) is 5.92 Å². The summed E-state index contributed by atoms with van der Waals surface area (Å²) in [5.74, 6) is 1.93. The number of piperidine rings is 1. The number of benzene rings is 1. The highest BCUT2D eigenvalue weighted by molar-refractivity contribution is 5.79. The van der Waals surface area contributed by atoms with Crippen LogP contribution in [0.4, 0.5) is 0 Å². The van der Waals surface area contributed by atoms with Crippen molar-refractivity contribution < 1.29 is 14.3 Å². The van der Waals surface area contributed by atoms with Crippen molar-refractivity contribution in [3.8, 4) is 0 Å². The summed E-state index contributed by atoms with van der Waals surface area (Å²) in [7, 11) is 1.67. The topological polar surface area (TPSA) is 56.6 Å². The van der Waals surface area contributed by atoms with Crippen LogP contribution in [0.25, 0.3) is 0 Å². The van der Waals surface area contributed by atoms with Crippen molar-refractivity contribution in [3.05, 3.63) is 53.6 Å². The molecule has 29 heavy (non-hydrogen) atoms. The van der Waals surface area contributed by atoms with Gasteiger partial charge in [0, 0.05) is 44.4 Å². The van der Waals surface area contributed by atoms with Crippen LogP contribution in [0.15, 0.2) is 36.7 Å². The quantitative estimate of drug-likeness (QED) is 0.674. The Morgan fingerprint density at radius 1 is 1.14 bits per heavy atom. The van der Waals surface area contributed by atoms with E-state index in [2.05, 4.69) is 38.7 Å². The summed E-state index contributed by atoms with van der Waals surface area (Å²) in [6.45, 7) is 3.30. The van der Waals surface area contributed by atoms with Gasteiger partial charge in [0.1, 0.15) is 12.6 Å². The molecule has 1 aromatic heterocycles. The van der Waals surface area contributed by atoms with Crippen molar-refractivity contribution in [1.29, 1.82) is 0 Å². The molecule has 0 saturated carbocycles. The number of methoxy groups -OCH3 is 1. The van der Waals surface area contributed by atoms with Gasteiger partial charge in [-0.05, 0) is 43.2 Å². The first-order valence-electron chi connectivity index (χ1n) is 10.7. The highest BCUT2D eigenvalue weighted by atomic mass is 16.5. The lowest BCUT2D eigenvalue weighted by atomic mass is 9.82. The molecule has 6 heteroatoms. The maximum Gasteiger partial charge on any atom is 0.226 e. The standard InChI is InChI=1S/C23H31N3O3/c1-28-14-15-29-17-26-13-10-24-22(26)19-8-11-25(12-9-19)23(27)21-7-6-18-4-2-3-5-20(18)16-21/h2-5,10,13,19,21H,6-9,11-12,14-17H2,1H3. The molecule has 0 N–H and O–H groups in total. The molecular formula is C23H31N3O3. The van der Waals surface area contributed by atoms with Gasteiger partial charge < -0.3 is 18.9 Å². The smallest absolute Gasteiger partial charge is 0.226 e. The zero-order chi connectivity index (χ0) is 20.1. The number of nitrogens with zero attached hydrogens (tertiary/aromatic N) is 3. The third-order valence-corrected chi connectivity index (χ3v) is 6.28. The fourth-order valence-corrected chi connectivity index (χ4v) is 4.62. The van der Waals surface area contributed by atoms with Crippen LogP contribution in [-0.2, 0) is 33.8 Å². The zero-order valence-corrected chi connectivity index (χ0v) is 17.3. The third-order valence-electron chi connectivity index (χ3n) is 6.28. The van der Waals surface area contributed by atoms with Gasteiger partial charge in [-0.1, -0.05) is 24.3 Å². The van der Waals surface area contributed by atoms with E-state index >= 15 is 0 Å². The molecule has 1 saturated heterocycles. The summed E-state index contributed by atoms with van der Waals surface area (Å²) in [6, 6.07) is 8.55. The molecule has 1 aliphatic carbocycles. The minimum absolute atomic E-state index is 0.137. The third kappa shape index (κ3) is 4.70. The van der Waals surface area contributed by atoms with Crippen LogP contribution in [0, 0.1) is 5.92 Å². The van der Waals surface area contributed by atoms with Gasteiger partial charge in [0.2, 0.25) is 5.91 Å². The van der Waals surface area contributed by atoms with Gasteiger partial charge >= 0.3 is 0 Å². The molecule has 2 heterocycles. The van der Waals surface area contributed by atoms with Crippen LogP contribution in [0.1, 0.15) is 42.1 Å². The molecule has 1 unspecified atom stereocenters. The fourth-order valence-electron chi connectivity index (χ4n) is 4.62.